The number of morpholine rings is 1. The lowest BCUT2D eigenvalue weighted by Crippen LogP contribution is -2.42. The van der Waals surface area contributed by atoms with Gasteiger partial charge >= 0.3 is 0 Å². The molecule has 1 fully saturated rings. The molecule has 1 unspecified atom stereocenters. The molecule has 1 atom stereocenters. The van der Waals surface area contributed by atoms with E-state index in [1.807, 2.05) is 18.5 Å². The summed E-state index contributed by atoms with van der Waals surface area (Å²) in [5, 5.41) is 0. The molecule has 0 spiro atoms. The van der Waals surface area contributed by atoms with Gasteiger partial charge in [-0.25, -0.2) is 4.98 Å². The van der Waals surface area contributed by atoms with E-state index in [1.165, 1.54) is 0 Å². The highest BCUT2D eigenvalue weighted by Gasteiger charge is 2.26. The Labute approximate surface area is 110 Å². The number of ether oxygens (including phenoxy) is 1. The molecule has 0 radical (unpaired) electrons. The molecule has 2 N–H and O–H groups in total. The van der Waals surface area contributed by atoms with E-state index in [0.717, 1.165) is 42.4 Å². The zero-order chi connectivity index (χ0) is 12.4. The van der Waals surface area contributed by atoms with Crippen LogP contribution in [-0.4, -0.2) is 47.3 Å². The molecule has 2 heterocycles. The number of imidazole rings is 1. The Hall–Kier alpha value is -0.430. The van der Waals surface area contributed by atoms with Crippen LogP contribution >= 0.6 is 15.9 Å². The molecule has 96 valence electrons. The smallest absolute Gasteiger partial charge is 0.109 e. The van der Waals surface area contributed by atoms with Crippen molar-refractivity contribution in [1.29, 1.82) is 0 Å². The Kier molecular flexibility index (Phi) is 4.19. The topological polar surface area (TPSA) is 56.3 Å². The van der Waals surface area contributed by atoms with Crippen molar-refractivity contribution in [3.8, 4) is 0 Å². The molecule has 1 aromatic heterocycles. The predicted molar refractivity (Wildman–Crippen MR) is 69.8 cm³/mol. The van der Waals surface area contributed by atoms with Crippen LogP contribution < -0.4 is 5.73 Å². The third-order valence-electron chi connectivity index (χ3n) is 3.30. The highest BCUT2D eigenvalue weighted by Crippen LogP contribution is 2.27. The van der Waals surface area contributed by atoms with Crippen molar-refractivity contribution in [2.45, 2.75) is 13.0 Å². The third-order valence-corrected chi connectivity index (χ3v) is 4.24. The molecule has 1 aromatic rings. The standard InChI is InChI=1S/C11H19BrN4O/c1-8-14-10(11(12)15(8)2)9(7-13)16-3-5-17-6-4-16/h9H,3-7,13H2,1-2H3. The fourth-order valence-corrected chi connectivity index (χ4v) is 2.75. The van der Waals surface area contributed by atoms with Crippen LogP contribution in [0, 0.1) is 6.92 Å². The van der Waals surface area contributed by atoms with Crippen LogP contribution in [0.5, 0.6) is 0 Å². The van der Waals surface area contributed by atoms with Gasteiger partial charge in [0.25, 0.3) is 0 Å². The molecule has 0 amide bonds. The summed E-state index contributed by atoms with van der Waals surface area (Å²) < 4.78 is 8.43. The van der Waals surface area contributed by atoms with Crippen LogP contribution in [0.2, 0.25) is 0 Å². The molecule has 1 aliphatic heterocycles. The van der Waals surface area contributed by atoms with Crippen molar-refractivity contribution in [2.75, 3.05) is 32.8 Å². The van der Waals surface area contributed by atoms with Crippen molar-refractivity contribution in [2.24, 2.45) is 12.8 Å². The van der Waals surface area contributed by atoms with Gasteiger partial charge in [0, 0.05) is 26.7 Å². The van der Waals surface area contributed by atoms with Gasteiger partial charge in [-0.15, -0.1) is 0 Å². The number of rotatable bonds is 3. The summed E-state index contributed by atoms with van der Waals surface area (Å²) in [5.74, 6) is 0.999. The van der Waals surface area contributed by atoms with Gasteiger partial charge in [-0.1, -0.05) is 0 Å². The van der Waals surface area contributed by atoms with Crippen molar-refractivity contribution >= 4 is 15.9 Å². The van der Waals surface area contributed by atoms with E-state index in [-0.39, 0.29) is 6.04 Å². The van der Waals surface area contributed by atoms with Crippen LogP contribution in [0.1, 0.15) is 17.6 Å². The summed E-state index contributed by atoms with van der Waals surface area (Å²) in [4.78, 5) is 6.95. The minimum Gasteiger partial charge on any atom is -0.379 e. The molecule has 0 bridgehead atoms. The van der Waals surface area contributed by atoms with E-state index < -0.39 is 0 Å². The highest BCUT2D eigenvalue weighted by atomic mass is 79.9. The maximum Gasteiger partial charge on any atom is 0.109 e. The Morgan fingerprint density at radius 1 is 1.47 bits per heavy atom. The van der Waals surface area contributed by atoms with Crippen molar-refractivity contribution < 1.29 is 4.74 Å². The Bertz CT molecular complexity index is 387. The van der Waals surface area contributed by atoms with Gasteiger partial charge in [0.05, 0.1) is 24.9 Å². The van der Waals surface area contributed by atoms with Gasteiger partial charge in [0.2, 0.25) is 0 Å². The first-order valence-corrected chi connectivity index (χ1v) is 6.65. The van der Waals surface area contributed by atoms with Crippen LogP contribution in [-0.2, 0) is 11.8 Å². The monoisotopic (exact) mass is 302 g/mol. The normalized spacial score (nSPS) is 19.5. The summed E-state index contributed by atoms with van der Waals surface area (Å²) in [7, 11) is 2.00. The highest BCUT2D eigenvalue weighted by molar-refractivity contribution is 9.10. The van der Waals surface area contributed by atoms with Crippen LogP contribution in [0.3, 0.4) is 0 Å². The van der Waals surface area contributed by atoms with Crippen molar-refractivity contribution in [3.05, 3.63) is 16.1 Å². The molecule has 17 heavy (non-hydrogen) atoms. The lowest BCUT2D eigenvalue weighted by atomic mass is 10.2. The average Bonchev–Trinajstić information content (AvgIpc) is 2.60. The van der Waals surface area contributed by atoms with Gasteiger partial charge < -0.3 is 15.0 Å². The van der Waals surface area contributed by atoms with E-state index in [0.29, 0.717) is 6.54 Å². The molecular formula is C11H19BrN4O. The minimum absolute atomic E-state index is 0.174. The zero-order valence-corrected chi connectivity index (χ0v) is 11.9. The second kappa shape index (κ2) is 5.48. The number of halogens is 1. The summed E-state index contributed by atoms with van der Waals surface area (Å²) in [6.45, 7) is 5.98. The molecule has 1 aliphatic rings. The molecule has 0 aliphatic carbocycles. The SMILES string of the molecule is Cc1nc(C(CN)N2CCOCC2)c(Br)n1C. The first-order valence-electron chi connectivity index (χ1n) is 5.85. The second-order valence-electron chi connectivity index (χ2n) is 4.29. The van der Waals surface area contributed by atoms with E-state index >= 15 is 0 Å². The summed E-state index contributed by atoms with van der Waals surface area (Å²) in [6, 6.07) is 0.174. The molecule has 2 rings (SSSR count). The molecule has 5 nitrogen and oxygen atoms in total. The third kappa shape index (κ3) is 2.54. The fraction of sp³-hybridized carbons (Fsp3) is 0.727. The zero-order valence-electron chi connectivity index (χ0n) is 10.3. The average molecular weight is 303 g/mol. The first kappa shape index (κ1) is 13.0. The van der Waals surface area contributed by atoms with Gasteiger partial charge in [-0.2, -0.15) is 0 Å². The largest absolute Gasteiger partial charge is 0.379 e. The summed E-state index contributed by atoms with van der Waals surface area (Å²) >= 11 is 3.60. The summed E-state index contributed by atoms with van der Waals surface area (Å²) in [6.07, 6.45) is 0. The minimum atomic E-state index is 0.174. The van der Waals surface area contributed by atoms with E-state index in [9.17, 15) is 0 Å². The maximum absolute atomic E-state index is 5.91. The predicted octanol–water partition coefficient (Wildman–Crippen LogP) is 0.823. The number of hydrogen-bond donors (Lipinski definition) is 1. The lowest BCUT2D eigenvalue weighted by molar-refractivity contribution is 0.0169. The van der Waals surface area contributed by atoms with Gasteiger partial charge in [-0.3, -0.25) is 4.90 Å². The molecule has 0 saturated carbocycles. The van der Waals surface area contributed by atoms with E-state index in [2.05, 4.69) is 25.8 Å². The molecule has 6 heteroatoms. The number of nitrogens with zero attached hydrogens (tertiary/aromatic N) is 3. The molecular weight excluding hydrogens is 284 g/mol. The van der Waals surface area contributed by atoms with Crippen LogP contribution in [0.4, 0.5) is 0 Å². The van der Waals surface area contributed by atoms with Gasteiger partial charge in [0.15, 0.2) is 0 Å². The Morgan fingerprint density at radius 3 is 2.59 bits per heavy atom. The quantitative estimate of drug-likeness (QED) is 0.898. The Balaban J connectivity index is 2.24. The van der Waals surface area contributed by atoms with Crippen molar-refractivity contribution in [3.63, 3.8) is 0 Å². The second-order valence-corrected chi connectivity index (χ2v) is 5.05. The number of hydrogen-bond acceptors (Lipinski definition) is 4. The molecule has 1 saturated heterocycles. The van der Waals surface area contributed by atoms with Gasteiger partial charge in [-0.05, 0) is 22.9 Å². The van der Waals surface area contributed by atoms with Gasteiger partial charge in [0.1, 0.15) is 10.4 Å². The van der Waals surface area contributed by atoms with E-state index in [1.54, 1.807) is 0 Å². The number of nitrogens with two attached hydrogens (primary N) is 1. The maximum atomic E-state index is 5.91. The van der Waals surface area contributed by atoms with Crippen LogP contribution in [0.15, 0.2) is 4.60 Å². The molecule has 0 aromatic carbocycles. The number of aryl methyl sites for hydroxylation is 1. The van der Waals surface area contributed by atoms with Crippen LogP contribution in [0.25, 0.3) is 0 Å². The Morgan fingerprint density at radius 2 is 2.12 bits per heavy atom. The summed E-state index contributed by atoms with van der Waals surface area (Å²) in [5.41, 5.74) is 6.95. The lowest BCUT2D eigenvalue weighted by Gasteiger charge is -2.33. The number of aromatic nitrogens is 2. The van der Waals surface area contributed by atoms with Crippen molar-refractivity contribution in [1.82, 2.24) is 14.5 Å². The van der Waals surface area contributed by atoms with E-state index in [4.69, 9.17) is 10.5 Å². The first-order chi connectivity index (χ1) is 8.15. The fourth-order valence-electron chi connectivity index (χ4n) is 2.14.